The van der Waals surface area contributed by atoms with Crippen molar-refractivity contribution in [3.8, 4) is 22.3 Å². The smallest absolute Gasteiger partial charge is 0.0319 e. The van der Waals surface area contributed by atoms with E-state index in [0.29, 0.717) is 0 Å². The summed E-state index contributed by atoms with van der Waals surface area (Å²) >= 11 is 0. The van der Waals surface area contributed by atoms with Gasteiger partial charge in [0, 0.05) is 7.11 Å². The van der Waals surface area contributed by atoms with Crippen LogP contribution in [0, 0.1) is 6.92 Å². The number of fused-ring (bicyclic) bond motifs is 2. The standard InChI is InChI=1S/C29H20.C14H10.CH4O/c1-19-5-7-20(8-6-19)21-9-11-22(12-10-21)26-17-15-25-14-13-23-3-2-4-24-16-18-27(26)29(25)28(23)24;1-2-6-12-10-14-8-4-3-7-13(14)9-11(12)5-1;1-2/h2-18H,1H3;1-10H;2H,1H3. The van der Waals surface area contributed by atoms with Crippen LogP contribution in [0.15, 0.2) is 164 Å². The number of aryl methyl sites for hydroxylation is 1. The highest BCUT2D eigenvalue weighted by Gasteiger charge is 2.12. The third-order valence-corrected chi connectivity index (χ3v) is 8.72. The van der Waals surface area contributed by atoms with Gasteiger partial charge in [-0.2, -0.15) is 0 Å². The molecule has 9 rings (SSSR count). The Morgan fingerprint density at radius 3 is 1.27 bits per heavy atom. The minimum Gasteiger partial charge on any atom is -0.400 e. The molecule has 0 saturated heterocycles. The van der Waals surface area contributed by atoms with Gasteiger partial charge in [0.2, 0.25) is 0 Å². The van der Waals surface area contributed by atoms with E-state index in [1.807, 2.05) is 0 Å². The topological polar surface area (TPSA) is 20.2 Å². The van der Waals surface area contributed by atoms with Crippen LogP contribution in [-0.2, 0) is 0 Å². The first-order chi connectivity index (χ1) is 22.2. The van der Waals surface area contributed by atoms with Crippen molar-refractivity contribution >= 4 is 53.9 Å². The Hall–Kier alpha value is -5.50. The fourth-order valence-corrected chi connectivity index (χ4v) is 6.46. The molecule has 0 spiro atoms. The molecule has 0 heterocycles. The Labute approximate surface area is 264 Å². The minimum absolute atomic E-state index is 1.00. The largest absolute Gasteiger partial charge is 0.400 e. The van der Waals surface area contributed by atoms with Crippen LogP contribution >= 0.6 is 0 Å². The Morgan fingerprint density at radius 1 is 0.333 bits per heavy atom. The summed E-state index contributed by atoms with van der Waals surface area (Å²) in [4.78, 5) is 0. The van der Waals surface area contributed by atoms with Crippen molar-refractivity contribution in [2.45, 2.75) is 6.92 Å². The van der Waals surface area contributed by atoms with Crippen LogP contribution in [0.1, 0.15) is 5.56 Å². The average molecular weight is 579 g/mol. The van der Waals surface area contributed by atoms with Crippen LogP contribution in [0.5, 0.6) is 0 Å². The quantitative estimate of drug-likeness (QED) is 0.160. The van der Waals surface area contributed by atoms with Crippen molar-refractivity contribution in [3.63, 3.8) is 0 Å². The van der Waals surface area contributed by atoms with Crippen molar-refractivity contribution < 1.29 is 5.11 Å². The molecule has 1 heteroatoms. The van der Waals surface area contributed by atoms with Crippen LogP contribution in [-0.4, -0.2) is 12.2 Å². The maximum absolute atomic E-state index is 7.00. The molecule has 0 radical (unpaired) electrons. The molecule has 216 valence electrons. The van der Waals surface area contributed by atoms with E-state index in [0.717, 1.165) is 7.11 Å². The first-order valence-corrected chi connectivity index (χ1v) is 15.4. The van der Waals surface area contributed by atoms with Crippen LogP contribution < -0.4 is 0 Å². The molecule has 0 fully saturated rings. The van der Waals surface area contributed by atoms with Gasteiger partial charge in [0.1, 0.15) is 0 Å². The van der Waals surface area contributed by atoms with Gasteiger partial charge in [-0.15, -0.1) is 0 Å². The highest BCUT2D eigenvalue weighted by molar-refractivity contribution is 6.25. The number of benzene rings is 9. The van der Waals surface area contributed by atoms with Gasteiger partial charge in [-0.1, -0.05) is 157 Å². The zero-order valence-electron chi connectivity index (χ0n) is 25.5. The Morgan fingerprint density at radius 2 is 0.733 bits per heavy atom. The molecular formula is C44H34O. The summed E-state index contributed by atoms with van der Waals surface area (Å²) in [6.07, 6.45) is 0. The minimum atomic E-state index is 1.00. The zero-order chi connectivity index (χ0) is 30.8. The predicted molar refractivity (Wildman–Crippen MR) is 195 cm³/mol. The van der Waals surface area contributed by atoms with Crippen molar-refractivity contribution in [2.24, 2.45) is 0 Å². The molecule has 9 aromatic rings. The lowest BCUT2D eigenvalue weighted by atomic mass is 9.89. The van der Waals surface area contributed by atoms with Crippen LogP contribution in [0.2, 0.25) is 0 Å². The molecular weight excluding hydrogens is 544 g/mol. The normalized spacial score (nSPS) is 11.0. The Kier molecular flexibility index (Phi) is 7.69. The summed E-state index contributed by atoms with van der Waals surface area (Å²) in [5.74, 6) is 0. The molecule has 0 bridgehead atoms. The molecule has 9 aromatic carbocycles. The van der Waals surface area contributed by atoms with Gasteiger partial charge < -0.3 is 5.11 Å². The third-order valence-electron chi connectivity index (χ3n) is 8.72. The number of hydrogen-bond acceptors (Lipinski definition) is 1. The first kappa shape index (κ1) is 28.3. The molecule has 1 N–H and O–H groups in total. The van der Waals surface area contributed by atoms with Crippen molar-refractivity contribution in [2.75, 3.05) is 7.11 Å². The van der Waals surface area contributed by atoms with E-state index in [1.165, 1.54) is 81.7 Å². The molecule has 0 atom stereocenters. The van der Waals surface area contributed by atoms with Crippen LogP contribution in [0.4, 0.5) is 0 Å². The Bertz CT molecular complexity index is 2260. The SMILES string of the molecule is CO.Cc1ccc(-c2ccc(-c3ccc4ccc5cccc6ccc3c4c56)cc2)cc1.c1ccc2cc3ccccc3cc2c1. The molecule has 0 aromatic heterocycles. The lowest BCUT2D eigenvalue weighted by Gasteiger charge is -2.14. The monoisotopic (exact) mass is 578 g/mol. The van der Waals surface area contributed by atoms with Crippen molar-refractivity contribution in [3.05, 3.63) is 169 Å². The molecule has 0 amide bonds. The van der Waals surface area contributed by atoms with E-state index in [1.54, 1.807) is 0 Å². The molecule has 0 aliphatic carbocycles. The lowest BCUT2D eigenvalue weighted by molar-refractivity contribution is 0.399. The van der Waals surface area contributed by atoms with Gasteiger partial charge in [-0.3, -0.25) is 0 Å². The van der Waals surface area contributed by atoms with E-state index in [4.69, 9.17) is 5.11 Å². The molecule has 0 aliphatic rings. The number of aliphatic hydroxyl groups is 1. The molecule has 0 unspecified atom stereocenters. The fraction of sp³-hybridized carbons (Fsp3) is 0.0455. The number of hydrogen-bond donors (Lipinski definition) is 1. The van der Waals surface area contributed by atoms with E-state index < -0.39 is 0 Å². The fourth-order valence-electron chi connectivity index (χ4n) is 6.46. The number of aliphatic hydroxyl groups excluding tert-OH is 1. The van der Waals surface area contributed by atoms with E-state index in [9.17, 15) is 0 Å². The summed E-state index contributed by atoms with van der Waals surface area (Å²) in [6.45, 7) is 2.13. The molecule has 0 aliphatic heterocycles. The summed E-state index contributed by atoms with van der Waals surface area (Å²) < 4.78 is 0. The third kappa shape index (κ3) is 5.40. The van der Waals surface area contributed by atoms with Gasteiger partial charge in [0.25, 0.3) is 0 Å². The maximum Gasteiger partial charge on any atom is 0.0319 e. The van der Waals surface area contributed by atoms with Gasteiger partial charge in [-0.25, -0.2) is 0 Å². The molecule has 45 heavy (non-hydrogen) atoms. The van der Waals surface area contributed by atoms with Gasteiger partial charge >= 0.3 is 0 Å². The van der Waals surface area contributed by atoms with E-state index in [2.05, 4.69) is 171 Å². The van der Waals surface area contributed by atoms with Gasteiger partial charge in [-0.05, 0) is 95.2 Å². The predicted octanol–water partition coefficient (Wildman–Crippen LogP) is 11.8. The lowest BCUT2D eigenvalue weighted by Crippen LogP contribution is -1.87. The molecule has 1 nitrogen and oxygen atoms in total. The van der Waals surface area contributed by atoms with E-state index >= 15 is 0 Å². The summed E-state index contributed by atoms with van der Waals surface area (Å²) in [7, 11) is 1.00. The Balaban J connectivity index is 0.000000170. The second-order valence-electron chi connectivity index (χ2n) is 11.5. The second kappa shape index (κ2) is 12.2. The van der Waals surface area contributed by atoms with Crippen molar-refractivity contribution in [1.29, 1.82) is 0 Å². The van der Waals surface area contributed by atoms with Crippen molar-refractivity contribution in [1.82, 2.24) is 0 Å². The second-order valence-corrected chi connectivity index (χ2v) is 11.5. The average Bonchev–Trinajstić information content (AvgIpc) is 3.11. The summed E-state index contributed by atoms with van der Waals surface area (Å²) in [5.41, 5.74) is 6.37. The van der Waals surface area contributed by atoms with E-state index in [-0.39, 0.29) is 0 Å². The van der Waals surface area contributed by atoms with Gasteiger partial charge in [0.15, 0.2) is 0 Å². The summed E-state index contributed by atoms with van der Waals surface area (Å²) in [5, 5.41) is 20.3. The van der Waals surface area contributed by atoms with Crippen LogP contribution in [0.3, 0.4) is 0 Å². The van der Waals surface area contributed by atoms with Gasteiger partial charge in [0.05, 0.1) is 0 Å². The maximum atomic E-state index is 7.00. The highest BCUT2D eigenvalue weighted by Crippen LogP contribution is 2.39. The number of rotatable bonds is 2. The molecule has 0 saturated carbocycles. The van der Waals surface area contributed by atoms with Crippen LogP contribution in [0.25, 0.3) is 76.1 Å². The highest BCUT2D eigenvalue weighted by atomic mass is 16.2. The summed E-state index contributed by atoms with van der Waals surface area (Å²) in [6, 6.07) is 59.2. The first-order valence-electron chi connectivity index (χ1n) is 15.4. The zero-order valence-corrected chi connectivity index (χ0v) is 25.5.